The van der Waals surface area contributed by atoms with E-state index in [9.17, 15) is 0 Å². The molecular formula is C19H23NS. The molecule has 110 valence electrons. The zero-order valence-corrected chi connectivity index (χ0v) is 13.4. The maximum absolute atomic E-state index is 3.68. The van der Waals surface area contributed by atoms with Crippen molar-refractivity contribution in [3.63, 3.8) is 0 Å². The van der Waals surface area contributed by atoms with E-state index in [1.54, 1.807) is 0 Å². The highest BCUT2D eigenvalue weighted by Crippen LogP contribution is 2.26. The summed E-state index contributed by atoms with van der Waals surface area (Å²) in [5.41, 5.74) is 3.95. The standard InChI is InChI=1S/C19H23NS/c1-15(20-14-19-8-5-13-21-19)16-9-11-18(12-10-16)17-6-3-2-4-7-17/h2-4,6-7,9-12,15,19-20H,5,8,13-14H2,1H3. The minimum absolute atomic E-state index is 0.427. The molecule has 1 saturated heterocycles. The molecule has 2 aromatic rings. The predicted molar refractivity (Wildman–Crippen MR) is 93.8 cm³/mol. The molecule has 1 nitrogen and oxygen atoms in total. The summed E-state index contributed by atoms with van der Waals surface area (Å²) in [4.78, 5) is 0. The Labute approximate surface area is 132 Å². The molecule has 1 aliphatic heterocycles. The summed E-state index contributed by atoms with van der Waals surface area (Å²) in [6, 6.07) is 20.0. The molecule has 0 radical (unpaired) electrons. The van der Waals surface area contributed by atoms with Gasteiger partial charge in [0.05, 0.1) is 0 Å². The molecule has 0 saturated carbocycles. The highest BCUT2D eigenvalue weighted by molar-refractivity contribution is 8.00. The normalized spacial score (nSPS) is 19.6. The van der Waals surface area contributed by atoms with Gasteiger partial charge in [-0.1, -0.05) is 54.6 Å². The van der Waals surface area contributed by atoms with E-state index in [2.05, 4.69) is 78.6 Å². The third-order valence-electron chi connectivity index (χ3n) is 4.19. The molecule has 0 bridgehead atoms. The summed E-state index contributed by atoms with van der Waals surface area (Å²) >= 11 is 2.12. The molecule has 3 rings (SSSR count). The summed E-state index contributed by atoms with van der Waals surface area (Å²) < 4.78 is 0. The third-order valence-corrected chi connectivity index (χ3v) is 5.59. The zero-order valence-electron chi connectivity index (χ0n) is 12.6. The van der Waals surface area contributed by atoms with Gasteiger partial charge in [0.2, 0.25) is 0 Å². The number of rotatable bonds is 5. The van der Waals surface area contributed by atoms with Crippen molar-refractivity contribution in [1.82, 2.24) is 5.32 Å². The Morgan fingerprint density at radius 3 is 2.43 bits per heavy atom. The number of benzene rings is 2. The van der Waals surface area contributed by atoms with Gasteiger partial charge in [-0.2, -0.15) is 11.8 Å². The molecule has 21 heavy (non-hydrogen) atoms. The smallest absolute Gasteiger partial charge is 0.0292 e. The first-order valence-corrected chi connectivity index (χ1v) is 8.88. The first-order valence-electron chi connectivity index (χ1n) is 7.83. The largest absolute Gasteiger partial charge is 0.309 e. The molecule has 1 N–H and O–H groups in total. The monoisotopic (exact) mass is 297 g/mol. The Morgan fingerprint density at radius 1 is 1.05 bits per heavy atom. The highest BCUT2D eigenvalue weighted by atomic mass is 32.2. The van der Waals surface area contributed by atoms with E-state index in [0.717, 1.165) is 11.8 Å². The van der Waals surface area contributed by atoms with Crippen LogP contribution in [0.15, 0.2) is 54.6 Å². The van der Waals surface area contributed by atoms with E-state index in [0.29, 0.717) is 6.04 Å². The second-order valence-corrected chi connectivity index (χ2v) is 7.16. The van der Waals surface area contributed by atoms with Crippen molar-refractivity contribution in [3.05, 3.63) is 60.2 Å². The van der Waals surface area contributed by atoms with Crippen LogP contribution in [-0.4, -0.2) is 17.5 Å². The Kier molecular flexibility index (Phi) is 5.00. The molecular weight excluding hydrogens is 274 g/mol. The van der Waals surface area contributed by atoms with E-state index >= 15 is 0 Å². The lowest BCUT2D eigenvalue weighted by Gasteiger charge is -2.17. The van der Waals surface area contributed by atoms with Gasteiger partial charge in [0.15, 0.2) is 0 Å². The van der Waals surface area contributed by atoms with E-state index < -0.39 is 0 Å². The molecule has 0 aliphatic carbocycles. The van der Waals surface area contributed by atoms with Crippen LogP contribution in [0.1, 0.15) is 31.4 Å². The van der Waals surface area contributed by atoms with E-state index in [1.165, 1.54) is 35.3 Å². The molecule has 1 aliphatic rings. The lowest BCUT2D eigenvalue weighted by atomic mass is 10.0. The zero-order chi connectivity index (χ0) is 14.5. The third kappa shape index (κ3) is 3.90. The lowest BCUT2D eigenvalue weighted by molar-refractivity contribution is 0.559. The van der Waals surface area contributed by atoms with Crippen LogP contribution in [0.5, 0.6) is 0 Å². The minimum Gasteiger partial charge on any atom is -0.309 e. The SMILES string of the molecule is CC(NCC1CCCS1)c1ccc(-c2ccccc2)cc1. The Hall–Kier alpha value is -1.25. The summed E-state index contributed by atoms with van der Waals surface area (Å²) in [5.74, 6) is 1.34. The predicted octanol–water partition coefficient (Wildman–Crippen LogP) is 4.90. The summed E-state index contributed by atoms with van der Waals surface area (Å²) in [5, 5.41) is 4.50. The Morgan fingerprint density at radius 2 is 1.76 bits per heavy atom. The topological polar surface area (TPSA) is 12.0 Å². The fourth-order valence-electron chi connectivity index (χ4n) is 2.83. The molecule has 0 aromatic heterocycles. The van der Waals surface area contributed by atoms with Crippen molar-refractivity contribution in [2.24, 2.45) is 0 Å². The lowest BCUT2D eigenvalue weighted by Crippen LogP contribution is -2.26. The van der Waals surface area contributed by atoms with Crippen molar-refractivity contribution < 1.29 is 0 Å². The Bertz CT molecular complexity index is 544. The highest BCUT2D eigenvalue weighted by Gasteiger charge is 2.16. The van der Waals surface area contributed by atoms with Gasteiger partial charge in [-0.3, -0.25) is 0 Å². The van der Waals surface area contributed by atoms with Crippen LogP contribution in [0.3, 0.4) is 0 Å². The first kappa shape index (κ1) is 14.7. The van der Waals surface area contributed by atoms with E-state index in [-0.39, 0.29) is 0 Å². The van der Waals surface area contributed by atoms with Gasteiger partial charge in [-0.05, 0) is 42.2 Å². The van der Waals surface area contributed by atoms with Gasteiger partial charge in [0, 0.05) is 17.8 Å². The van der Waals surface area contributed by atoms with Crippen molar-refractivity contribution in [2.75, 3.05) is 12.3 Å². The molecule has 1 heterocycles. The quantitative estimate of drug-likeness (QED) is 0.842. The molecule has 1 fully saturated rings. The van der Waals surface area contributed by atoms with Crippen LogP contribution in [0.4, 0.5) is 0 Å². The minimum atomic E-state index is 0.427. The van der Waals surface area contributed by atoms with Gasteiger partial charge in [-0.15, -0.1) is 0 Å². The second kappa shape index (κ2) is 7.15. The molecule has 2 atom stereocenters. The van der Waals surface area contributed by atoms with E-state index in [1.807, 2.05) is 0 Å². The van der Waals surface area contributed by atoms with Crippen LogP contribution in [0, 0.1) is 0 Å². The number of hydrogen-bond acceptors (Lipinski definition) is 2. The van der Waals surface area contributed by atoms with Crippen LogP contribution in [0.2, 0.25) is 0 Å². The fraction of sp³-hybridized carbons (Fsp3) is 0.368. The number of nitrogens with one attached hydrogen (secondary N) is 1. The molecule has 2 aromatic carbocycles. The van der Waals surface area contributed by atoms with Crippen LogP contribution < -0.4 is 5.32 Å². The molecule has 0 spiro atoms. The molecule has 0 amide bonds. The van der Waals surface area contributed by atoms with Gasteiger partial charge < -0.3 is 5.32 Å². The number of hydrogen-bond donors (Lipinski definition) is 1. The maximum atomic E-state index is 3.68. The van der Waals surface area contributed by atoms with Crippen LogP contribution in [-0.2, 0) is 0 Å². The summed E-state index contributed by atoms with van der Waals surface area (Å²) in [6.07, 6.45) is 2.76. The maximum Gasteiger partial charge on any atom is 0.0292 e. The van der Waals surface area contributed by atoms with Gasteiger partial charge >= 0.3 is 0 Å². The average molecular weight is 297 g/mol. The van der Waals surface area contributed by atoms with E-state index in [4.69, 9.17) is 0 Å². The number of thioether (sulfide) groups is 1. The average Bonchev–Trinajstić information content (AvgIpc) is 3.07. The fourth-order valence-corrected chi connectivity index (χ4v) is 4.04. The molecule has 2 unspecified atom stereocenters. The van der Waals surface area contributed by atoms with Crippen molar-refractivity contribution in [3.8, 4) is 11.1 Å². The van der Waals surface area contributed by atoms with Gasteiger partial charge in [-0.25, -0.2) is 0 Å². The van der Waals surface area contributed by atoms with Crippen molar-refractivity contribution in [2.45, 2.75) is 31.1 Å². The first-order chi connectivity index (χ1) is 10.3. The van der Waals surface area contributed by atoms with Crippen molar-refractivity contribution in [1.29, 1.82) is 0 Å². The van der Waals surface area contributed by atoms with Crippen LogP contribution >= 0.6 is 11.8 Å². The van der Waals surface area contributed by atoms with Gasteiger partial charge in [0.1, 0.15) is 0 Å². The summed E-state index contributed by atoms with van der Waals surface area (Å²) in [6.45, 7) is 3.39. The van der Waals surface area contributed by atoms with Crippen LogP contribution in [0.25, 0.3) is 11.1 Å². The van der Waals surface area contributed by atoms with Crippen molar-refractivity contribution >= 4 is 11.8 Å². The molecule has 2 heteroatoms. The van der Waals surface area contributed by atoms with Gasteiger partial charge in [0.25, 0.3) is 0 Å². The summed E-state index contributed by atoms with van der Waals surface area (Å²) in [7, 11) is 0. The Balaban J connectivity index is 1.60. The second-order valence-electron chi connectivity index (χ2n) is 5.75.